The molecular formula is C24H20Cl2N2O. The monoisotopic (exact) mass is 422 g/mol. The molecule has 0 fully saturated rings. The average molecular weight is 423 g/mol. The molecule has 146 valence electrons. The van der Waals surface area contributed by atoms with E-state index in [4.69, 9.17) is 28.2 Å². The van der Waals surface area contributed by atoms with E-state index in [0.29, 0.717) is 33.4 Å². The molecule has 0 spiro atoms. The van der Waals surface area contributed by atoms with E-state index in [9.17, 15) is 4.79 Å². The van der Waals surface area contributed by atoms with Crippen LogP contribution in [0.15, 0.2) is 54.6 Å². The summed E-state index contributed by atoms with van der Waals surface area (Å²) in [6.45, 7) is 4.13. The summed E-state index contributed by atoms with van der Waals surface area (Å²) in [4.78, 5) is 17.6. The predicted octanol–water partition coefficient (Wildman–Crippen LogP) is 6.59. The normalized spacial score (nSPS) is 11.2. The first-order valence-corrected chi connectivity index (χ1v) is 10.1. The van der Waals surface area contributed by atoms with Crippen molar-refractivity contribution in [2.45, 2.75) is 20.3 Å². The van der Waals surface area contributed by atoms with Crippen LogP contribution in [0.4, 0.5) is 0 Å². The molecule has 5 heteroatoms. The first kappa shape index (κ1) is 19.7. The van der Waals surface area contributed by atoms with Crippen molar-refractivity contribution in [3.05, 3.63) is 86.9 Å². The number of Topliss-reactive ketones (excluding diaryl/α,β-unsaturated/α-hetero) is 1. The van der Waals surface area contributed by atoms with E-state index in [1.54, 1.807) is 18.2 Å². The smallest absolute Gasteiger partial charge is 0.167 e. The topological polar surface area (TPSA) is 34.9 Å². The van der Waals surface area contributed by atoms with Crippen molar-refractivity contribution in [1.82, 2.24) is 9.55 Å². The fraction of sp³-hybridized carbons (Fsp3) is 0.167. The van der Waals surface area contributed by atoms with E-state index in [-0.39, 0.29) is 5.78 Å². The molecule has 0 N–H and O–H groups in total. The Morgan fingerprint density at radius 3 is 2.38 bits per heavy atom. The minimum Gasteiger partial charge on any atom is -0.327 e. The average Bonchev–Trinajstić information content (AvgIpc) is 3.00. The second-order valence-electron chi connectivity index (χ2n) is 7.31. The number of imidazole rings is 1. The highest BCUT2D eigenvalue weighted by atomic mass is 35.5. The van der Waals surface area contributed by atoms with Crippen LogP contribution in [0.1, 0.15) is 27.0 Å². The summed E-state index contributed by atoms with van der Waals surface area (Å²) in [7, 11) is 1.90. The highest BCUT2D eigenvalue weighted by Gasteiger charge is 2.17. The molecule has 0 saturated heterocycles. The second kappa shape index (κ2) is 7.66. The minimum atomic E-state index is 0.0775. The van der Waals surface area contributed by atoms with Crippen molar-refractivity contribution < 1.29 is 4.79 Å². The molecule has 0 amide bonds. The van der Waals surface area contributed by atoms with Crippen molar-refractivity contribution >= 4 is 40.0 Å². The highest BCUT2D eigenvalue weighted by molar-refractivity contribution is 6.39. The molecule has 29 heavy (non-hydrogen) atoms. The summed E-state index contributed by atoms with van der Waals surface area (Å²) in [6, 6.07) is 17.1. The first-order chi connectivity index (χ1) is 13.8. The van der Waals surface area contributed by atoms with Crippen LogP contribution in [-0.2, 0) is 13.5 Å². The van der Waals surface area contributed by atoms with Crippen LogP contribution >= 0.6 is 23.2 Å². The summed E-state index contributed by atoms with van der Waals surface area (Å²) in [5, 5.41) is 1.09. The van der Waals surface area contributed by atoms with Crippen LogP contribution in [0.25, 0.3) is 22.4 Å². The third-order valence-corrected chi connectivity index (χ3v) is 5.96. The van der Waals surface area contributed by atoms with Crippen LogP contribution in [0, 0.1) is 13.8 Å². The second-order valence-corrected chi connectivity index (χ2v) is 8.13. The Morgan fingerprint density at radius 1 is 0.966 bits per heavy atom. The number of carbonyl (C=O) groups excluding carboxylic acids is 1. The van der Waals surface area contributed by atoms with Gasteiger partial charge in [-0.3, -0.25) is 4.79 Å². The fourth-order valence-electron chi connectivity index (χ4n) is 3.50. The van der Waals surface area contributed by atoms with Gasteiger partial charge < -0.3 is 4.57 Å². The summed E-state index contributed by atoms with van der Waals surface area (Å²) in [6.07, 6.45) is 0.369. The molecule has 0 radical (unpaired) electrons. The first-order valence-electron chi connectivity index (χ1n) is 9.35. The SMILES string of the molecule is Cc1ccc(CC(=O)c2ccc3nc(-c4c(Cl)cccc4Cl)n(C)c3c2)cc1C. The number of aryl methyl sites for hydroxylation is 3. The number of halogens is 2. The van der Waals surface area contributed by atoms with Gasteiger partial charge in [0.05, 0.1) is 26.6 Å². The van der Waals surface area contributed by atoms with Crippen LogP contribution in [0.5, 0.6) is 0 Å². The lowest BCUT2D eigenvalue weighted by Crippen LogP contribution is -2.04. The molecular weight excluding hydrogens is 403 g/mol. The van der Waals surface area contributed by atoms with Gasteiger partial charge in [0.2, 0.25) is 0 Å². The van der Waals surface area contributed by atoms with Gasteiger partial charge in [-0.25, -0.2) is 4.98 Å². The van der Waals surface area contributed by atoms with Crippen molar-refractivity contribution in [3.63, 3.8) is 0 Å². The van der Waals surface area contributed by atoms with Crippen molar-refractivity contribution in [3.8, 4) is 11.4 Å². The Morgan fingerprint density at radius 2 is 1.69 bits per heavy atom. The molecule has 1 aromatic heterocycles. The van der Waals surface area contributed by atoms with E-state index in [2.05, 4.69) is 26.0 Å². The number of fused-ring (bicyclic) bond motifs is 1. The van der Waals surface area contributed by atoms with Crippen LogP contribution in [0.3, 0.4) is 0 Å². The van der Waals surface area contributed by atoms with Crippen LogP contribution in [-0.4, -0.2) is 15.3 Å². The molecule has 1 heterocycles. The Labute approximate surface area is 179 Å². The van der Waals surface area contributed by atoms with Gasteiger partial charge in [-0.15, -0.1) is 0 Å². The zero-order chi connectivity index (χ0) is 20.7. The molecule has 4 aromatic rings. The van der Waals surface area contributed by atoms with Crippen LogP contribution < -0.4 is 0 Å². The summed E-state index contributed by atoms with van der Waals surface area (Å²) in [5.41, 5.74) is 6.45. The molecule has 3 nitrogen and oxygen atoms in total. The Balaban J connectivity index is 1.72. The van der Waals surface area contributed by atoms with E-state index in [1.165, 1.54) is 11.1 Å². The van der Waals surface area contributed by atoms with Gasteiger partial charge in [0.1, 0.15) is 5.82 Å². The summed E-state index contributed by atoms with van der Waals surface area (Å²) < 4.78 is 1.93. The molecule has 0 aliphatic rings. The quantitative estimate of drug-likeness (QED) is 0.347. The Bertz CT molecular complexity index is 1240. The van der Waals surface area contributed by atoms with Gasteiger partial charge in [0.15, 0.2) is 5.78 Å². The van der Waals surface area contributed by atoms with Gasteiger partial charge in [-0.05, 0) is 60.9 Å². The van der Waals surface area contributed by atoms with Crippen molar-refractivity contribution in [2.75, 3.05) is 0 Å². The molecule has 0 atom stereocenters. The maximum atomic E-state index is 12.9. The van der Waals surface area contributed by atoms with Crippen molar-refractivity contribution in [1.29, 1.82) is 0 Å². The lowest BCUT2D eigenvalue weighted by atomic mass is 9.99. The number of carbonyl (C=O) groups is 1. The van der Waals surface area contributed by atoms with Gasteiger partial charge >= 0.3 is 0 Å². The molecule has 0 aliphatic heterocycles. The minimum absolute atomic E-state index is 0.0775. The lowest BCUT2D eigenvalue weighted by molar-refractivity contribution is 0.0993. The summed E-state index contributed by atoms with van der Waals surface area (Å²) >= 11 is 12.7. The number of hydrogen-bond donors (Lipinski definition) is 0. The zero-order valence-corrected chi connectivity index (χ0v) is 18.0. The Hall–Kier alpha value is -2.62. The number of rotatable bonds is 4. The van der Waals surface area contributed by atoms with E-state index in [1.807, 2.05) is 35.9 Å². The fourth-order valence-corrected chi connectivity index (χ4v) is 4.07. The number of ketones is 1. The number of benzene rings is 3. The van der Waals surface area contributed by atoms with Gasteiger partial charge in [-0.1, -0.05) is 47.5 Å². The largest absolute Gasteiger partial charge is 0.327 e. The molecule has 0 saturated carbocycles. The number of aromatic nitrogens is 2. The third kappa shape index (κ3) is 3.68. The van der Waals surface area contributed by atoms with Gasteiger partial charge in [-0.2, -0.15) is 0 Å². The third-order valence-electron chi connectivity index (χ3n) is 5.33. The maximum absolute atomic E-state index is 12.9. The van der Waals surface area contributed by atoms with E-state index in [0.717, 1.165) is 16.6 Å². The highest BCUT2D eigenvalue weighted by Crippen LogP contribution is 2.35. The molecule has 0 unspecified atom stereocenters. The number of hydrogen-bond acceptors (Lipinski definition) is 2. The van der Waals surface area contributed by atoms with E-state index >= 15 is 0 Å². The van der Waals surface area contributed by atoms with Crippen molar-refractivity contribution in [2.24, 2.45) is 7.05 Å². The Kier molecular flexibility index (Phi) is 5.20. The standard InChI is InChI=1S/C24H20Cl2N2O/c1-14-7-8-16(11-15(14)2)12-22(29)17-9-10-20-21(13-17)28(3)24(27-20)23-18(25)5-4-6-19(23)26/h4-11,13H,12H2,1-3H3. The number of nitrogens with zero attached hydrogens (tertiary/aromatic N) is 2. The van der Waals surface area contributed by atoms with Crippen LogP contribution in [0.2, 0.25) is 10.0 Å². The molecule has 4 rings (SSSR count). The van der Waals surface area contributed by atoms with E-state index < -0.39 is 0 Å². The zero-order valence-electron chi connectivity index (χ0n) is 16.5. The van der Waals surface area contributed by atoms with Gasteiger partial charge in [0.25, 0.3) is 0 Å². The maximum Gasteiger partial charge on any atom is 0.167 e. The lowest BCUT2D eigenvalue weighted by Gasteiger charge is -2.07. The van der Waals surface area contributed by atoms with Gasteiger partial charge in [0, 0.05) is 19.0 Å². The summed E-state index contributed by atoms with van der Waals surface area (Å²) in [5.74, 6) is 0.753. The molecule has 0 aliphatic carbocycles. The molecule has 3 aromatic carbocycles. The molecule has 0 bridgehead atoms. The predicted molar refractivity (Wildman–Crippen MR) is 120 cm³/mol.